The maximum Gasteiger partial charge on any atom is 0.236 e. The summed E-state index contributed by atoms with van der Waals surface area (Å²) in [5.41, 5.74) is 11.1. The van der Waals surface area contributed by atoms with Crippen LogP contribution in [0.2, 0.25) is 0 Å². The molecule has 0 bridgehead atoms. The molecule has 4 N–H and O–H groups in total. The van der Waals surface area contributed by atoms with E-state index in [-0.39, 0.29) is 18.4 Å². The van der Waals surface area contributed by atoms with E-state index in [0.717, 1.165) is 15.1 Å². The number of aromatic nitrogens is 2. The normalized spacial score (nSPS) is 11.2. The third-order valence-electron chi connectivity index (χ3n) is 2.74. The highest BCUT2D eigenvalue weighted by Crippen LogP contribution is 2.31. The number of nitrogens with zero attached hydrogens (tertiary/aromatic N) is 3. The highest BCUT2D eigenvalue weighted by molar-refractivity contribution is 7.18. The number of amides is 1. The lowest BCUT2D eigenvalue weighted by atomic mass is 10.2. The van der Waals surface area contributed by atoms with Crippen LogP contribution in [0.1, 0.15) is 18.7 Å². The fraction of sp³-hybridized carbons (Fsp3) is 0.462. The van der Waals surface area contributed by atoms with Crippen LogP contribution in [0.15, 0.2) is 6.07 Å². The second-order valence-corrected chi connectivity index (χ2v) is 6.46. The molecule has 108 valence electrons. The molecule has 0 spiro atoms. The number of carbonyl (C=O) groups is 1. The summed E-state index contributed by atoms with van der Waals surface area (Å²) >= 11 is 1.56. The minimum absolute atomic E-state index is 0.124. The van der Waals surface area contributed by atoms with Gasteiger partial charge in [0.25, 0.3) is 0 Å². The summed E-state index contributed by atoms with van der Waals surface area (Å²) in [6.45, 7) is 6.97. The van der Waals surface area contributed by atoms with Gasteiger partial charge >= 0.3 is 0 Å². The third kappa shape index (κ3) is 3.16. The van der Waals surface area contributed by atoms with E-state index in [4.69, 9.17) is 11.5 Å². The van der Waals surface area contributed by atoms with Gasteiger partial charge in [-0.25, -0.2) is 4.98 Å². The summed E-state index contributed by atoms with van der Waals surface area (Å²) < 4.78 is 0. The van der Waals surface area contributed by atoms with Crippen molar-refractivity contribution in [3.63, 3.8) is 0 Å². The van der Waals surface area contributed by atoms with E-state index in [1.165, 1.54) is 0 Å². The molecule has 0 saturated carbocycles. The molecule has 7 heteroatoms. The first-order valence-electron chi connectivity index (χ1n) is 6.43. The van der Waals surface area contributed by atoms with Gasteiger partial charge < -0.3 is 16.4 Å². The van der Waals surface area contributed by atoms with Crippen LogP contribution in [0.4, 0.5) is 11.8 Å². The molecule has 2 heterocycles. The number of hydrogen-bond donors (Lipinski definition) is 2. The number of hydrogen-bond acceptors (Lipinski definition) is 6. The Morgan fingerprint density at radius 3 is 2.75 bits per heavy atom. The number of rotatable bonds is 5. The molecule has 0 saturated heterocycles. The van der Waals surface area contributed by atoms with Gasteiger partial charge in [-0.15, -0.1) is 11.3 Å². The van der Waals surface area contributed by atoms with Crippen LogP contribution in [0.3, 0.4) is 0 Å². The molecule has 20 heavy (non-hydrogen) atoms. The summed E-state index contributed by atoms with van der Waals surface area (Å²) in [6.07, 6.45) is 0. The van der Waals surface area contributed by atoms with Gasteiger partial charge in [-0.05, 0) is 18.9 Å². The van der Waals surface area contributed by atoms with E-state index >= 15 is 0 Å². The Kier molecular flexibility index (Phi) is 4.08. The van der Waals surface area contributed by atoms with E-state index in [9.17, 15) is 4.79 Å². The van der Waals surface area contributed by atoms with Crippen LogP contribution in [0.5, 0.6) is 0 Å². The standard InChI is InChI=1S/C13H19N5OS/c1-7(2)5-18(6-10(14)19)11-9-4-8(3)20-12(9)17-13(15)16-11/h4,7H,5-6H2,1-3H3,(H2,14,19)(H2,15,16,17). The highest BCUT2D eigenvalue weighted by Gasteiger charge is 2.18. The van der Waals surface area contributed by atoms with E-state index in [1.807, 2.05) is 17.9 Å². The van der Waals surface area contributed by atoms with Crippen LogP contribution in [-0.4, -0.2) is 29.0 Å². The lowest BCUT2D eigenvalue weighted by molar-refractivity contribution is -0.116. The fourth-order valence-corrected chi connectivity index (χ4v) is 3.02. The zero-order valence-corrected chi connectivity index (χ0v) is 12.7. The Labute approximate surface area is 121 Å². The van der Waals surface area contributed by atoms with Gasteiger partial charge in [0.05, 0.1) is 11.9 Å². The average molecular weight is 293 g/mol. The summed E-state index contributed by atoms with van der Waals surface area (Å²) in [6, 6.07) is 2.02. The molecular weight excluding hydrogens is 274 g/mol. The van der Waals surface area contributed by atoms with Crippen molar-refractivity contribution in [3.8, 4) is 0 Å². The molecule has 1 amide bonds. The van der Waals surface area contributed by atoms with Gasteiger partial charge in [0.1, 0.15) is 10.6 Å². The minimum Gasteiger partial charge on any atom is -0.368 e. The van der Waals surface area contributed by atoms with Crippen molar-refractivity contribution >= 4 is 39.2 Å². The van der Waals surface area contributed by atoms with Gasteiger partial charge in [0.15, 0.2) is 0 Å². The SMILES string of the molecule is Cc1cc2c(N(CC(N)=O)CC(C)C)nc(N)nc2s1. The number of fused-ring (bicyclic) bond motifs is 1. The summed E-state index contributed by atoms with van der Waals surface area (Å²) in [7, 11) is 0. The largest absolute Gasteiger partial charge is 0.368 e. The molecule has 0 aliphatic rings. The van der Waals surface area contributed by atoms with Crippen LogP contribution in [0, 0.1) is 12.8 Å². The molecular formula is C13H19N5OS. The number of nitrogens with two attached hydrogens (primary N) is 2. The zero-order valence-electron chi connectivity index (χ0n) is 11.9. The molecule has 2 aromatic rings. The van der Waals surface area contributed by atoms with E-state index in [0.29, 0.717) is 18.3 Å². The first-order chi connectivity index (χ1) is 9.36. The summed E-state index contributed by atoms with van der Waals surface area (Å²) in [5.74, 6) is 0.889. The van der Waals surface area contributed by atoms with Gasteiger partial charge in [0.2, 0.25) is 11.9 Å². The smallest absolute Gasteiger partial charge is 0.236 e. The Balaban J connectivity index is 2.53. The number of aryl methyl sites for hydroxylation is 1. The van der Waals surface area contributed by atoms with Crippen molar-refractivity contribution in [3.05, 3.63) is 10.9 Å². The van der Waals surface area contributed by atoms with Crippen molar-refractivity contribution < 1.29 is 4.79 Å². The number of nitrogen functional groups attached to an aromatic ring is 1. The number of thiophene rings is 1. The third-order valence-corrected chi connectivity index (χ3v) is 3.69. The molecule has 2 aromatic heterocycles. The molecule has 0 aliphatic carbocycles. The first-order valence-corrected chi connectivity index (χ1v) is 7.25. The first kappa shape index (κ1) is 14.5. The maximum atomic E-state index is 11.3. The molecule has 2 rings (SSSR count). The van der Waals surface area contributed by atoms with E-state index in [2.05, 4.69) is 23.8 Å². The second-order valence-electron chi connectivity index (χ2n) is 5.22. The predicted molar refractivity (Wildman–Crippen MR) is 82.8 cm³/mol. The molecule has 6 nitrogen and oxygen atoms in total. The average Bonchev–Trinajstić information content (AvgIpc) is 2.65. The lowest BCUT2D eigenvalue weighted by Gasteiger charge is -2.24. The van der Waals surface area contributed by atoms with Crippen molar-refractivity contribution in [2.75, 3.05) is 23.7 Å². The van der Waals surface area contributed by atoms with E-state index < -0.39 is 0 Å². The second kappa shape index (κ2) is 5.62. The Morgan fingerprint density at radius 1 is 1.45 bits per heavy atom. The number of carbonyl (C=O) groups excluding carboxylic acids is 1. The summed E-state index contributed by atoms with van der Waals surface area (Å²) in [4.78, 5) is 23.7. The molecule has 0 unspecified atom stereocenters. The Bertz CT molecular complexity index is 637. The lowest BCUT2D eigenvalue weighted by Crippen LogP contribution is -2.37. The predicted octanol–water partition coefficient (Wildman–Crippen LogP) is 1.53. The van der Waals surface area contributed by atoms with Crippen LogP contribution >= 0.6 is 11.3 Å². The van der Waals surface area contributed by atoms with Crippen LogP contribution < -0.4 is 16.4 Å². The van der Waals surface area contributed by atoms with Gasteiger partial charge in [-0.3, -0.25) is 4.79 Å². The van der Waals surface area contributed by atoms with Crippen molar-refractivity contribution in [1.29, 1.82) is 0 Å². The van der Waals surface area contributed by atoms with Crippen molar-refractivity contribution in [2.24, 2.45) is 11.7 Å². The summed E-state index contributed by atoms with van der Waals surface area (Å²) in [5, 5.41) is 0.920. The van der Waals surface area contributed by atoms with Gasteiger partial charge in [-0.2, -0.15) is 4.98 Å². The van der Waals surface area contributed by atoms with Gasteiger partial charge in [0, 0.05) is 11.4 Å². The van der Waals surface area contributed by atoms with Crippen molar-refractivity contribution in [1.82, 2.24) is 9.97 Å². The molecule has 0 fully saturated rings. The van der Waals surface area contributed by atoms with Crippen LogP contribution in [0.25, 0.3) is 10.2 Å². The Hall–Kier alpha value is -1.89. The number of primary amides is 1. The maximum absolute atomic E-state index is 11.3. The molecule has 0 aliphatic heterocycles. The van der Waals surface area contributed by atoms with Crippen molar-refractivity contribution in [2.45, 2.75) is 20.8 Å². The minimum atomic E-state index is -0.386. The topological polar surface area (TPSA) is 98.1 Å². The number of anilines is 2. The quantitative estimate of drug-likeness (QED) is 0.871. The monoisotopic (exact) mass is 293 g/mol. The van der Waals surface area contributed by atoms with Crippen LogP contribution in [-0.2, 0) is 4.79 Å². The molecule has 0 radical (unpaired) electrons. The highest BCUT2D eigenvalue weighted by atomic mass is 32.1. The van der Waals surface area contributed by atoms with Gasteiger partial charge in [-0.1, -0.05) is 13.8 Å². The zero-order chi connectivity index (χ0) is 14.9. The fourth-order valence-electron chi connectivity index (χ4n) is 2.14. The molecule has 0 atom stereocenters. The molecule has 0 aromatic carbocycles. The Morgan fingerprint density at radius 2 is 2.15 bits per heavy atom. The van der Waals surface area contributed by atoms with E-state index in [1.54, 1.807) is 11.3 Å².